The van der Waals surface area contributed by atoms with Crippen LogP contribution in [0.25, 0.3) is 0 Å². The Bertz CT molecular complexity index is 318. The Kier molecular flexibility index (Phi) is 16.0. The first-order valence-electron chi connectivity index (χ1n) is 10.1. The number of hydrogen-bond acceptors (Lipinski definition) is 3. The molecule has 0 rings (SSSR count). The zero-order chi connectivity index (χ0) is 18.0. The molecule has 142 valence electrons. The summed E-state index contributed by atoms with van der Waals surface area (Å²) in [4.78, 5) is 23.3. The Morgan fingerprint density at radius 3 is 1.83 bits per heavy atom. The summed E-state index contributed by atoms with van der Waals surface area (Å²) in [7, 11) is 0. The van der Waals surface area contributed by atoms with E-state index >= 15 is 0 Å². The molecule has 0 aromatic carbocycles. The van der Waals surface area contributed by atoms with Gasteiger partial charge in [-0.1, -0.05) is 78.1 Å². The summed E-state index contributed by atoms with van der Waals surface area (Å²) in [5.74, 6) is -0.393. The molecule has 0 aliphatic rings. The number of unbranched alkanes of at least 4 members (excludes halogenated alkanes) is 10. The zero-order valence-electron chi connectivity index (χ0n) is 16.2. The molecule has 0 radical (unpaired) electrons. The van der Waals surface area contributed by atoms with E-state index in [1.165, 1.54) is 51.4 Å². The molecule has 24 heavy (non-hydrogen) atoms. The second-order valence-corrected chi connectivity index (χ2v) is 6.74. The second-order valence-electron chi connectivity index (χ2n) is 6.74. The number of nitrogens with one attached hydrogen (secondary N) is 1. The molecule has 1 amide bonds. The number of esters is 1. The van der Waals surface area contributed by atoms with Crippen molar-refractivity contribution in [2.75, 3.05) is 6.61 Å². The molecule has 1 N–H and O–H groups in total. The first-order chi connectivity index (χ1) is 11.6. The van der Waals surface area contributed by atoms with E-state index in [4.69, 9.17) is 4.74 Å². The molecule has 0 fully saturated rings. The predicted molar refractivity (Wildman–Crippen MR) is 99.9 cm³/mol. The molecule has 0 aromatic rings. The number of amides is 1. The van der Waals surface area contributed by atoms with Crippen LogP contribution in [-0.2, 0) is 14.3 Å². The highest BCUT2D eigenvalue weighted by molar-refractivity contribution is 5.84. The average Bonchev–Trinajstić information content (AvgIpc) is 2.57. The molecule has 0 heterocycles. The SMILES string of the molecule is CCCCCCCCCCCCOC(=O)C(C)NC(=O)CCCC. The Labute approximate surface area is 149 Å². The van der Waals surface area contributed by atoms with Gasteiger partial charge in [0, 0.05) is 6.42 Å². The maximum atomic E-state index is 11.8. The molecule has 1 unspecified atom stereocenters. The van der Waals surface area contributed by atoms with Crippen molar-refractivity contribution in [3.05, 3.63) is 0 Å². The van der Waals surface area contributed by atoms with Crippen LogP contribution in [0.3, 0.4) is 0 Å². The van der Waals surface area contributed by atoms with Crippen molar-refractivity contribution >= 4 is 11.9 Å². The van der Waals surface area contributed by atoms with E-state index in [0.29, 0.717) is 13.0 Å². The molecule has 1 atom stereocenters. The highest BCUT2D eigenvalue weighted by Crippen LogP contribution is 2.10. The van der Waals surface area contributed by atoms with Crippen LogP contribution >= 0.6 is 0 Å². The van der Waals surface area contributed by atoms with Crippen molar-refractivity contribution in [3.8, 4) is 0 Å². The van der Waals surface area contributed by atoms with E-state index in [2.05, 4.69) is 12.2 Å². The third-order valence-electron chi connectivity index (χ3n) is 4.23. The van der Waals surface area contributed by atoms with Gasteiger partial charge in [-0.2, -0.15) is 0 Å². The third-order valence-corrected chi connectivity index (χ3v) is 4.23. The van der Waals surface area contributed by atoms with E-state index in [0.717, 1.165) is 25.7 Å². The van der Waals surface area contributed by atoms with Gasteiger partial charge in [-0.3, -0.25) is 4.79 Å². The van der Waals surface area contributed by atoms with Crippen molar-refractivity contribution in [1.29, 1.82) is 0 Å². The quantitative estimate of drug-likeness (QED) is 0.312. The molecular formula is C20H39NO3. The molecule has 0 saturated carbocycles. The van der Waals surface area contributed by atoms with Crippen molar-refractivity contribution in [2.45, 2.75) is 110 Å². The lowest BCUT2D eigenvalue weighted by Gasteiger charge is -2.13. The molecule has 0 aromatic heterocycles. The monoisotopic (exact) mass is 341 g/mol. The molecule has 0 spiro atoms. The molecule has 4 nitrogen and oxygen atoms in total. The van der Waals surface area contributed by atoms with Gasteiger partial charge in [-0.25, -0.2) is 4.79 Å². The number of hydrogen-bond donors (Lipinski definition) is 1. The van der Waals surface area contributed by atoms with Crippen LogP contribution in [0.1, 0.15) is 104 Å². The maximum absolute atomic E-state index is 11.8. The second kappa shape index (κ2) is 16.8. The minimum atomic E-state index is -0.544. The summed E-state index contributed by atoms with van der Waals surface area (Å²) >= 11 is 0. The number of carbonyl (C=O) groups excluding carboxylic acids is 2. The first-order valence-corrected chi connectivity index (χ1v) is 10.1. The zero-order valence-corrected chi connectivity index (χ0v) is 16.2. The normalized spacial score (nSPS) is 12.0. The van der Waals surface area contributed by atoms with Gasteiger partial charge in [-0.15, -0.1) is 0 Å². The summed E-state index contributed by atoms with van der Waals surface area (Å²) < 4.78 is 5.23. The van der Waals surface area contributed by atoms with Gasteiger partial charge in [0.1, 0.15) is 6.04 Å². The van der Waals surface area contributed by atoms with Gasteiger partial charge in [0.25, 0.3) is 0 Å². The molecule has 4 heteroatoms. The van der Waals surface area contributed by atoms with Crippen molar-refractivity contribution in [3.63, 3.8) is 0 Å². The standard InChI is InChI=1S/C20H39NO3/c1-4-6-8-9-10-11-12-13-14-15-17-24-20(23)18(3)21-19(22)16-7-5-2/h18H,4-17H2,1-3H3,(H,21,22). The van der Waals surface area contributed by atoms with E-state index in [9.17, 15) is 9.59 Å². The van der Waals surface area contributed by atoms with Crippen LogP contribution < -0.4 is 5.32 Å². The van der Waals surface area contributed by atoms with E-state index in [-0.39, 0.29) is 11.9 Å². The largest absolute Gasteiger partial charge is 0.464 e. The number of ether oxygens (including phenoxy) is 1. The van der Waals surface area contributed by atoms with Crippen LogP contribution in [0.5, 0.6) is 0 Å². The van der Waals surface area contributed by atoms with Crippen molar-refractivity contribution in [2.24, 2.45) is 0 Å². The number of rotatable bonds is 16. The summed E-state index contributed by atoms with van der Waals surface area (Å²) in [6, 6.07) is -0.544. The number of carbonyl (C=O) groups is 2. The van der Waals surface area contributed by atoms with Crippen LogP contribution in [0.2, 0.25) is 0 Å². The molecule has 0 aliphatic carbocycles. The van der Waals surface area contributed by atoms with Crippen LogP contribution in [0.15, 0.2) is 0 Å². The predicted octanol–water partition coefficient (Wildman–Crippen LogP) is 5.15. The topological polar surface area (TPSA) is 55.4 Å². The van der Waals surface area contributed by atoms with Gasteiger partial charge in [-0.05, 0) is 19.8 Å². The highest BCUT2D eigenvalue weighted by Gasteiger charge is 2.16. The van der Waals surface area contributed by atoms with Gasteiger partial charge in [0.2, 0.25) is 5.91 Å². The molecule has 0 saturated heterocycles. The summed E-state index contributed by atoms with van der Waals surface area (Å²) in [6.07, 6.45) is 14.9. The lowest BCUT2D eigenvalue weighted by Crippen LogP contribution is -2.39. The van der Waals surface area contributed by atoms with Gasteiger partial charge >= 0.3 is 5.97 Å². The Hall–Kier alpha value is -1.06. The maximum Gasteiger partial charge on any atom is 0.328 e. The average molecular weight is 342 g/mol. The Morgan fingerprint density at radius 1 is 0.792 bits per heavy atom. The van der Waals surface area contributed by atoms with Crippen molar-refractivity contribution in [1.82, 2.24) is 5.32 Å². The Morgan fingerprint density at radius 2 is 1.29 bits per heavy atom. The van der Waals surface area contributed by atoms with Crippen molar-refractivity contribution < 1.29 is 14.3 Å². The summed E-state index contributed by atoms with van der Waals surface area (Å²) in [6.45, 7) is 6.43. The van der Waals surface area contributed by atoms with E-state index in [1.54, 1.807) is 6.92 Å². The minimum Gasteiger partial charge on any atom is -0.464 e. The van der Waals surface area contributed by atoms with Crippen LogP contribution in [-0.4, -0.2) is 24.5 Å². The fourth-order valence-corrected chi connectivity index (χ4v) is 2.60. The van der Waals surface area contributed by atoms with E-state index in [1.807, 2.05) is 6.92 Å². The Balaban J connectivity index is 3.43. The smallest absolute Gasteiger partial charge is 0.328 e. The molecule has 0 bridgehead atoms. The minimum absolute atomic E-state index is 0.0692. The first kappa shape index (κ1) is 22.9. The van der Waals surface area contributed by atoms with Gasteiger partial charge in [0.15, 0.2) is 0 Å². The highest BCUT2D eigenvalue weighted by atomic mass is 16.5. The van der Waals surface area contributed by atoms with E-state index < -0.39 is 6.04 Å². The fraction of sp³-hybridized carbons (Fsp3) is 0.900. The molecule has 0 aliphatic heterocycles. The summed E-state index contributed by atoms with van der Waals surface area (Å²) in [5, 5.41) is 2.69. The van der Waals surface area contributed by atoms with Gasteiger partial charge < -0.3 is 10.1 Å². The molecular weight excluding hydrogens is 302 g/mol. The lowest BCUT2D eigenvalue weighted by atomic mass is 10.1. The fourth-order valence-electron chi connectivity index (χ4n) is 2.60. The third kappa shape index (κ3) is 14.5. The lowest BCUT2D eigenvalue weighted by molar-refractivity contribution is -0.147. The van der Waals surface area contributed by atoms with Crippen LogP contribution in [0.4, 0.5) is 0 Å². The van der Waals surface area contributed by atoms with Gasteiger partial charge in [0.05, 0.1) is 6.61 Å². The summed E-state index contributed by atoms with van der Waals surface area (Å²) in [5.41, 5.74) is 0. The van der Waals surface area contributed by atoms with Crippen LogP contribution in [0, 0.1) is 0 Å².